The molecule has 1 amide bonds. The number of rotatable bonds is 2. The molecule has 2 N–H and O–H groups in total. The van der Waals surface area contributed by atoms with Crippen LogP contribution in [0.5, 0.6) is 0 Å². The lowest BCUT2D eigenvalue weighted by atomic mass is 10.1. The van der Waals surface area contributed by atoms with Crippen molar-refractivity contribution in [1.82, 2.24) is 4.98 Å². The number of pyridine rings is 1. The minimum absolute atomic E-state index is 0.185. The van der Waals surface area contributed by atoms with Gasteiger partial charge in [-0.25, -0.2) is 13.8 Å². The largest absolute Gasteiger partial charge is 0.365 e. The van der Waals surface area contributed by atoms with Crippen LogP contribution in [-0.2, 0) is 0 Å². The maximum Gasteiger partial charge on any atom is 0.252 e. The van der Waals surface area contributed by atoms with Crippen molar-refractivity contribution in [2.75, 3.05) is 18.0 Å². The third kappa shape index (κ3) is 2.51. The molecule has 17 heavy (non-hydrogen) atoms. The maximum absolute atomic E-state index is 13.0. The first-order chi connectivity index (χ1) is 7.99. The van der Waals surface area contributed by atoms with Gasteiger partial charge in [0.1, 0.15) is 5.82 Å². The summed E-state index contributed by atoms with van der Waals surface area (Å²) in [5.41, 5.74) is 5.50. The van der Waals surface area contributed by atoms with Crippen molar-refractivity contribution in [1.29, 1.82) is 0 Å². The van der Waals surface area contributed by atoms with Crippen molar-refractivity contribution in [3.63, 3.8) is 0 Å². The number of amides is 1. The first-order valence-electron chi connectivity index (χ1n) is 5.37. The lowest BCUT2D eigenvalue weighted by molar-refractivity contribution is -0.0221. The number of anilines is 1. The molecule has 0 aromatic carbocycles. The maximum atomic E-state index is 13.0. The second-order valence-corrected chi connectivity index (χ2v) is 4.08. The molecule has 1 aromatic heterocycles. The van der Waals surface area contributed by atoms with Crippen LogP contribution >= 0.6 is 0 Å². The number of nitrogens with zero attached hydrogens (tertiary/aromatic N) is 2. The fourth-order valence-electron chi connectivity index (χ4n) is 1.89. The molecule has 92 valence electrons. The van der Waals surface area contributed by atoms with Gasteiger partial charge in [-0.05, 0) is 12.1 Å². The van der Waals surface area contributed by atoms with Gasteiger partial charge < -0.3 is 10.6 Å². The van der Waals surface area contributed by atoms with Crippen LogP contribution in [-0.4, -0.2) is 29.9 Å². The van der Waals surface area contributed by atoms with Crippen LogP contribution in [0.3, 0.4) is 0 Å². The lowest BCUT2D eigenvalue weighted by Crippen LogP contribution is -2.40. The summed E-state index contributed by atoms with van der Waals surface area (Å²) in [6.07, 6.45) is 1.08. The molecule has 1 aliphatic heterocycles. The average molecular weight is 241 g/mol. The number of carbonyl (C=O) groups excluding carboxylic acids is 1. The fraction of sp³-hybridized carbons (Fsp3) is 0.455. The second-order valence-electron chi connectivity index (χ2n) is 4.08. The Kier molecular flexibility index (Phi) is 2.95. The molecule has 0 atom stereocenters. The Balaban J connectivity index is 2.21. The highest BCUT2D eigenvalue weighted by atomic mass is 19.3. The van der Waals surface area contributed by atoms with Crippen molar-refractivity contribution in [3.8, 4) is 0 Å². The van der Waals surface area contributed by atoms with Crippen molar-refractivity contribution in [2.45, 2.75) is 18.8 Å². The SMILES string of the molecule is NC(=O)c1cccnc1N1CCC(F)(F)CC1. The van der Waals surface area contributed by atoms with Crippen LogP contribution in [0.1, 0.15) is 23.2 Å². The summed E-state index contributed by atoms with van der Waals surface area (Å²) in [6.45, 7) is 0.370. The molecule has 4 nitrogen and oxygen atoms in total. The summed E-state index contributed by atoms with van der Waals surface area (Å²) in [5, 5.41) is 0. The van der Waals surface area contributed by atoms with E-state index in [9.17, 15) is 13.6 Å². The van der Waals surface area contributed by atoms with Gasteiger partial charge in [0.15, 0.2) is 0 Å². The molecule has 2 rings (SSSR count). The molecule has 0 bridgehead atoms. The number of hydrogen-bond donors (Lipinski definition) is 1. The van der Waals surface area contributed by atoms with E-state index in [0.717, 1.165) is 0 Å². The molecular weight excluding hydrogens is 228 g/mol. The van der Waals surface area contributed by atoms with Gasteiger partial charge in [0.05, 0.1) is 5.56 Å². The molecule has 1 aliphatic rings. The van der Waals surface area contributed by atoms with E-state index in [1.165, 1.54) is 6.20 Å². The molecule has 1 fully saturated rings. The standard InChI is InChI=1S/C11H13F2N3O/c12-11(13)3-6-16(7-4-11)10-8(9(14)17)2-1-5-15-10/h1-2,5H,3-4,6-7H2,(H2,14,17). The molecule has 1 aromatic rings. The van der Waals surface area contributed by atoms with E-state index in [4.69, 9.17) is 5.73 Å². The molecular formula is C11H13F2N3O. The average Bonchev–Trinajstić information content (AvgIpc) is 2.29. The molecule has 1 saturated heterocycles. The Hall–Kier alpha value is -1.72. The molecule has 2 heterocycles. The predicted molar refractivity (Wildman–Crippen MR) is 59.1 cm³/mol. The summed E-state index contributed by atoms with van der Waals surface area (Å²) in [4.78, 5) is 16.9. The summed E-state index contributed by atoms with van der Waals surface area (Å²) in [6, 6.07) is 3.15. The highest BCUT2D eigenvalue weighted by Crippen LogP contribution is 2.30. The van der Waals surface area contributed by atoms with Crippen LogP contribution in [0, 0.1) is 0 Å². The Bertz CT molecular complexity index is 426. The second kappa shape index (κ2) is 4.27. The number of alkyl halides is 2. The number of nitrogens with two attached hydrogens (primary N) is 1. The summed E-state index contributed by atoms with van der Waals surface area (Å²) in [7, 11) is 0. The van der Waals surface area contributed by atoms with E-state index >= 15 is 0 Å². The van der Waals surface area contributed by atoms with Gasteiger partial charge in [-0.15, -0.1) is 0 Å². The molecule has 0 unspecified atom stereocenters. The number of primary amides is 1. The molecule has 6 heteroatoms. The van der Waals surface area contributed by atoms with Gasteiger partial charge in [-0.1, -0.05) is 0 Å². The molecule has 0 aliphatic carbocycles. The fourth-order valence-corrected chi connectivity index (χ4v) is 1.89. The summed E-state index contributed by atoms with van der Waals surface area (Å²) in [5.74, 6) is -2.81. The lowest BCUT2D eigenvalue weighted by Gasteiger charge is -2.33. The van der Waals surface area contributed by atoms with E-state index in [1.54, 1.807) is 17.0 Å². The van der Waals surface area contributed by atoms with Crippen molar-refractivity contribution >= 4 is 11.7 Å². The zero-order valence-corrected chi connectivity index (χ0v) is 9.20. The summed E-state index contributed by atoms with van der Waals surface area (Å²) >= 11 is 0. The van der Waals surface area contributed by atoms with Gasteiger partial charge in [-0.2, -0.15) is 0 Å². The van der Waals surface area contributed by atoms with E-state index in [2.05, 4.69) is 4.98 Å². The van der Waals surface area contributed by atoms with Crippen LogP contribution in [0.25, 0.3) is 0 Å². The summed E-state index contributed by atoms with van der Waals surface area (Å²) < 4.78 is 26.0. The Morgan fingerprint density at radius 1 is 1.41 bits per heavy atom. The quantitative estimate of drug-likeness (QED) is 0.851. The zero-order chi connectivity index (χ0) is 12.5. The number of aromatic nitrogens is 1. The van der Waals surface area contributed by atoms with Crippen molar-refractivity contribution in [2.24, 2.45) is 5.73 Å². The first-order valence-corrected chi connectivity index (χ1v) is 5.37. The first kappa shape index (κ1) is 11.8. The number of piperidine rings is 1. The Morgan fingerprint density at radius 3 is 2.65 bits per heavy atom. The van der Waals surface area contributed by atoms with E-state index in [1.807, 2.05) is 0 Å². The van der Waals surface area contributed by atoms with E-state index in [-0.39, 0.29) is 31.5 Å². The van der Waals surface area contributed by atoms with Crippen LogP contribution < -0.4 is 10.6 Å². The Morgan fingerprint density at radius 2 is 2.06 bits per heavy atom. The molecule has 0 radical (unpaired) electrons. The molecule has 0 spiro atoms. The van der Waals surface area contributed by atoms with Gasteiger partial charge in [0.25, 0.3) is 11.8 Å². The zero-order valence-electron chi connectivity index (χ0n) is 9.20. The van der Waals surface area contributed by atoms with E-state index < -0.39 is 11.8 Å². The minimum Gasteiger partial charge on any atom is -0.365 e. The minimum atomic E-state index is -2.61. The van der Waals surface area contributed by atoms with Gasteiger partial charge in [0.2, 0.25) is 0 Å². The predicted octanol–water partition coefficient (Wildman–Crippen LogP) is 1.42. The van der Waals surface area contributed by atoms with E-state index in [0.29, 0.717) is 5.82 Å². The number of carbonyl (C=O) groups is 1. The van der Waals surface area contributed by atoms with Crippen LogP contribution in [0.15, 0.2) is 18.3 Å². The topological polar surface area (TPSA) is 59.2 Å². The Labute approximate surface area is 97.4 Å². The molecule has 0 saturated carbocycles. The van der Waals surface area contributed by atoms with Crippen molar-refractivity contribution in [3.05, 3.63) is 23.9 Å². The van der Waals surface area contributed by atoms with Crippen LogP contribution in [0.2, 0.25) is 0 Å². The van der Waals surface area contributed by atoms with Gasteiger partial charge >= 0.3 is 0 Å². The van der Waals surface area contributed by atoms with Gasteiger partial charge in [-0.3, -0.25) is 4.79 Å². The third-order valence-corrected chi connectivity index (χ3v) is 2.85. The highest BCUT2D eigenvalue weighted by molar-refractivity contribution is 5.97. The number of halogens is 2. The normalized spacial score (nSPS) is 19.1. The highest BCUT2D eigenvalue weighted by Gasteiger charge is 2.35. The smallest absolute Gasteiger partial charge is 0.252 e. The van der Waals surface area contributed by atoms with Gasteiger partial charge in [0, 0.05) is 32.1 Å². The van der Waals surface area contributed by atoms with Crippen molar-refractivity contribution < 1.29 is 13.6 Å². The monoisotopic (exact) mass is 241 g/mol. The third-order valence-electron chi connectivity index (χ3n) is 2.85. The van der Waals surface area contributed by atoms with Crippen LogP contribution in [0.4, 0.5) is 14.6 Å². The number of hydrogen-bond acceptors (Lipinski definition) is 3.